The van der Waals surface area contributed by atoms with Crippen LogP contribution >= 0.6 is 95.8 Å². The fourth-order valence-corrected chi connectivity index (χ4v) is 10.6. The highest BCUT2D eigenvalue weighted by atomic mass is 32.2. The van der Waals surface area contributed by atoms with Crippen molar-refractivity contribution >= 4 is 95.8 Å². The standard InChI is InChI=1S/C15H24S8/c16-6-12-8-20-14(22-12)10-18-4-2-1-3-5-19-11-15-21-9-13(7-17)23-15/h8-9,14-17H,1-7,10-11H2. The Bertz CT molecular complexity index is 359. The molecule has 2 aliphatic heterocycles. The molecule has 0 bridgehead atoms. The summed E-state index contributed by atoms with van der Waals surface area (Å²) in [6, 6.07) is 0. The van der Waals surface area contributed by atoms with Gasteiger partial charge < -0.3 is 0 Å². The molecule has 2 heterocycles. The molecule has 2 atom stereocenters. The molecule has 0 N–H and O–H groups in total. The minimum atomic E-state index is 0.731. The third kappa shape index (κ3) is 9.16. The van der Waals surface area contributed by atoms with Gasteiger partial charge in [0.05, 0.1) is 9.16 Å². The fraction of sp³-hybridized carbons (Fsp3) is 0.733. The van der Waals surface area contributed by atoms with Gasteiger partial charge in [0.1, 0.15) is 0 Å². The number of hydrogen-bond acceptors (Lipinski definition) is 8. The molecule has 23 heavy (non-hydrogen) atoms. The Morgan fingerprint density at radius 1 is 0.783 bits per heavy atom. The lowest BCUT2D eigenvalue weighted by Crippen LogP contribution is -1.98. The van der Waals surface area contributed by atoms with E-state index in [2.05, 4.69) is 59.6 Å². The van der Waals surface area contributed by atoms with Crippen molar-refractivity contribution in [2.45, 2.75) is 28.4 Å². The Hall–Kier alpha value is 2.28. The quantitative estimate of drug-likeness (QED) is 0.242. The molecular formula is C15H24S8. The van der Waals surface area contributed by atoms with Crippen LogP contribution in [-0.2, 0) is 0 Å². The van der Waals surface area contributed by atoms with Crippen molar-refractivity contribution in [1.82, 2.24) is 0 Å². The van der Waals surface area contributed by atoms with Crippen molar-refractivity contribution in [2.75, 3.05) is 34.5 Å². The third-order valence-corrected chi connectivity index (χ3v) is 12.7. The second-order valence-corrected chi connectivity index (χ2v) is 13.4. The summed E-state index contributed by atoms with van der Waals surface area (Å²) in [5.41, 5.74) is 0. The molecule has 0 aromatic heterocycles. The van der Waals surface area contributed by atoms with Crippen LogP contribution in [0.4, 0.5) is 0 Å². The molecule has 8 heteroatoms. The van der Waals surface area contributed by atoms with Crippen molar-refractivity contribution in [3.05, 3.63) is 20.6 Å². The summed E-state index contributed by atoms with van der Waals surface area (Å²) in [5.74, 6) is 6.99. The molecule has 0 saturated heterocycles. The summed E-state index contributed by atoms with van der Waals surface area (Å²) < 4.78 is 1.46. The summed E-state index contributed by atoms with van der Waals surface area (Å²) in [7, 11) is 0. The highest BCUT2D eigenvalue weighted by molar-refractivity contribution is 8.24. The predicted octanol–water partition coefficient (Wildman–Crippen LogP) is 6.78. The molecule has 0 radical (unpaired) electrons. The van der Waals surface area contributed by atoms with Gasteiger partial charge in [0.15, 0.2) is 0 Å². The zero-order valence-corrected chi connectivity index (χ0v) is 19.7. The maximum absolute atomic E-state index is 4.34. The number of unbranched alkanes of at least 4 members (excludes halogenated alkanes) is 2. The Morgan fingerprint density at radius 2 is 1.26 bits per heavy atom. The molecule has 2 unspecified atom stereocenters. The van der Waals surface area contributed by atoms with Crippen LogP contribution in [0.3, 0.4) is 0 Å². The second kappa shape index (κ2) is 13.4. The molecular weight excluding hydrogens is 437 g/mol. The molecule has 2 aliphatic rings. The van der Waals surface area contributed by atoms with E-state index in [1.54, 1.807) is 0 Å². The number of hydrogen-bond donors (Lipinski definition) is 2. The first-order valence-electron chi connectivity index (χ1n) is 7.71. The lowest BCUT2D eigenvalue weighted by Gasteiger charge is -2.09. The van der Waals surface area contributed by atoms with Crippen LogP contribution in [0.5, 0.6) is 0 Å². The minimum Gasteiger partial charge on any atom is -0.174 e. The monoisotopic (exact) mass is 460 g/mol. The van der Waals surface area contributed by atoms with Crippen LogP contribution in [0, 0.1) is 0 Å². The van der Waals surface area contributed by atoms with Gasteiger partial charge in [-0.05, 0) is 35.2 Å². The Labute approximate surface area is 178 Å². The second-order valence-electron chi connectivity index (χ2n) is 5.06. The molecule has 0 saturated carbocycles. The maximum Gasteiger partial charge on any atom is 0.0678 e. The van der Waals surface area contributed by atoms with Gasteiger partial charge >= 0.3 is 0 Å². The molecule has 0 aromatic rings. The van der Waals surface area contributed by atoms with Gasteiger partial charge in [-0.25, -0.2) is 0 Å². The molecule has 2 rings (SSSR count). The van der Waals surface area contributed by atoms with Gasteiger partial charge in [0.2, 0.25) is 0 Å². The highest BCUT2D eigenvalue weighted by Crippen LogP contribution is 2.42. The Balaban J connectivity index is 1.33. The van der Waals surface area contributed by atoms with Crippen molar-refractivity contribution < 1.29 is 0 Å². The van der Waals surface area contributed by atoms with Gasteiger partial charge in [-0.2, -0.15) is 48.8 Å². The SMILES string of the molecule is SCC1=CSC(CSCCCCCSCC2SC=C(CS)S2)S1. The predicted molar refractivity (Wildman–Crippen MR) is 130 cm³/mol. The molecule has 132 valence electrons. The van der Waals surface area contributed by atoms with E-state index in [1.807, 2.05) is 47.0 Å². The zero-order valence-electron chi connectivity index (χ0n) is 13.0. The molecule has 0 fully saturated rings. The first kappa shape index (κ1) is 21.6. The van der Waals surface area contributed by atoms with Gasteiger partial charge in [-0.1, -0.05) is 6.42 Å². The topological polar surface area (TPSA) is 0 Å². The normalized spacial score (nSPS) is 24.1. The minimum absolute atomic E-state index is 0.731. The highest BCUT2D eigenvalue weighted by Gasteiger charge is 2.18. The third-order valence-electron chi connectivity index (χ3n) is 3.17. The van der Waals surface area contributed by atoms with Crippen LogP contribution in [0.2, 0.25) is 0 Å². The average Bonchev–Trinajstić information content (AvgIpc) is 3.22. The summed E-state index contributed by atoms with van der Waals surface area (Å²) in [4.78, 5) is 2.88. The summed E-state index contributed by atoms with van der Waals surface area (Å²) in [6.07, 6.45) is 4.13. The average molecular weight is 461 g/mol. The van der Waals surface area contributed by atoms with E-state index in [-0.39, 0.29) is 0 Å². The van der Waals surface area contributed by atoms with E-state index in [0.29, 0.717) is 0 Å². The van der Waals surface area contributed by atoms with E-state index in [9.17, 15) is 0 Å². The van der Waals surface area contributed by atoms with Crippen LogP contribution in [0.1, 0.15) is 19.3 Å². The summed E-state index contributed by atoms with van der Waals surface area (Å²) >= 11 is 20.9. The molecule has 0 amide bonds. The number of thioether (sulfide) groups is 6. The van der Waals surface area contributed by atoms with Crippen LogP contribution in [0.25, 0.3) is 0 Å². The Morgan fingerprint density at radius 3 is 1.65 bits per heavy atom. The summed E-state index contributed by atoms with van der Waals surface area (Å²) in [5, 5.41) is 4.57. The largest absolute Gasteiger partial charge is 0.174 e. The van der Waals surface area contributed by atoms with E-state index in [0.717, 1.165) is 20.7 Å². The molecule has 0 spiro atoms. The molecule has 0 nitrogen and oxygen atoms in total. The van der Waals surface area contributed by atoms with Crippen LogP contribution in [0.15, 0.2) is 20.6 Å². The lowest BCUT2D eigenvalue weighted by atomic mass is 10.3. The van der Waals surface area contributed by atoms with Crippen molar-refractivity contribution in [1.29, 1.82) is 0 Å². The molecule has 0 aliphatic carbocycles. The van der Waals surface area contributed by atoms with Gasteiger partial charge in [0.25, 0.3) is 0 Å². The number of thiol groups is 2. The zero-order chi connectivity index (χ0) is 16.3. The van der Waals surface area contributed by atoms with Crippen LogP contribution < -0.4 is 0 Å². The van der Waals surface area contributed by atoms with E-state index < -0.39 is 0 Å². The summed E-state index contributed by atoms with van der Waals surface area (Å²) in [6.45, 7) is 0. The first-order valence-corrected chi connectivity index (χ1v) is 14.9. The van der Waals surface area contributed by atoms with Crippen molar-refractivity contribution in [2.24, 2.45) is 0 Å². The van der Waals surface area contributed by atoms with Crippen molar-refractivity contribution in [3.63, 3.8) is 0 Å². The fourth-order valence-electron chi connectivity index (χ4n) is 1.99. The number of rotatable bonds is 12. The van der Waals surface area contributed by atoms with Crippen molar-refractivity contribution in [3.8, 4) is 0 Å². The van der Waals surface area contributed by atoms with E-state index >= 15 is 0 Å². The van der Waals surface area contributed by atoms with Gasteiger partial charge in [-0.15, -0.1) is 47.0 Å². The van der Waals surface area contributed by atoms with E-state index in [1.165, 1.54) is 52.1 Å². The maximum atomic E-state index is 4.34. The van der Waals surface area contributed by atoms with Gasteiger partial charge in [-0.3, -0.25) is 0 Å². The lowest BCUT2D eigenvalue weighted by molar-refractivity contribution is 0.785. The van der Waals surface area contributed by atoms with Gasteiger partial charge in [0, 0.05) is 32.8 Å². The van der Waals surface area contributed by atoms with E-state index in [4.69, 9.17) is 0 Å². The molecule has 0 aromatic carbocycles. The first-order chi connectivity index (χ1) is 11.3. The van der Waals surface area contributed by atoms with Crippen LogP contribution in [-0.4, -0.2) is 43.7 Å². The Kier molecular flexibility index (Phi) is 12.6. The smallest absolute Gasteiger partial charge is 0.0678 e.